The van der Waals surface area contributed by atoms with Crippen molar-refractivity contribution < 1.29 is 26.7 Å². The fourth-order valence-electron chi connectivity index (χ4n) is 3.96. The number of hydrogen-bond acceptors (Lipinski definition) is 4. The molecule has 1 fully saturated rings. The summed E-state index contributed by atoms with van der Waals surface area (Å²) in [5.74, 6) is -2.47. The summed E-state index contributed by atoms with van der Waals surface area (Å²) in [6.45, 7) is 6.63. The van der Waals surface area contributed by atoms with Gasteiger partial charge in [-0.15, -0.1) is 0 Å². The number of nitrogens with zero attached hydrogens (tertiary/aromatic N) is 1. The summed E-state index contributed by atoms with van der Waals surface area (Å²) < 4.78 is 61.0. The molecule has 0 saturated carbocycles. The molecule has 9 heteroatoms. The summed E-state index contributed by atoms with van der Waals surface area (Å²) in [4.78, 5) is 14.1. The van der Waals surface area contributed by atoms with Gasteiger partial charge in [0.15, 0.2) is 9.84 Å². The number of carbonyl (C=O) groups is 1. The Morgan fingerprint density at radius 3 is 2.33 bits per heavy atom. The van der Waals surface area contributed by atoms with E-state index in [1.54, 1.807) is 4.90 Å². The first-order valence-corrected chi connectivity index (χ1v) is 12.7. The maximum Gasteiger partial charge on any atom is 0.409 e. The standard InChI is InChI=1S/C24H28ClF2NO4S/c1-16(15-32-23(29)28-12-10-24(2,3)11-13-28)22(20-14-18(26)6-9-21(20)27)33(30,31)19-7-4-17(25)5-8-19/h4-9,14,16,22H,10-13,15H2,1-3H3/t16-,22+/m1/s1. The van der Waals surface area contributed by atoms with Crippen molar-refractivity contribution >= 4 is 27.5 Å². The van der Waals surface area contributed by atoms with E-state index in [1.165, 1.54) is 31.2 Å². The Balaban J connectivity index is 1.85. The zero-order valence-corrected chi connectivity index (χ0v) is 20.4. The van der Waals surface area contributed by atoms with Gasteiger partial charge in [-0.2, -0.15) is 0 Å². The van der Waals surface area contributed by atoms with Crippen LogP contribution in [0, 0.1) is 23.0 Å². The smallest absolute Gasteiger partial charge is 0.409 e. The van der Waals surface area contributed by atoms with Crippen LogP contribution < -0.4 is 0 Å². The molecular formula is C24H28ClF2NO4S. The first-order valence-electron chi connectivity index (χ1n) is 10.8. The third-order valence-corrected chi connectivity index (χ3v) is 8.67. The zero-order valence-electron chi connectivity index (χ0n) is 18.9. The van der Waals surface area contributed by atoms with Crippen LogP contribution in [0.1, 0.15) is 44.4 Å². The van der Waals surface area contributed by atoms with Crippen LogP contribution in [0.4, 0.5) is 13.6 Å². The van der Waals surface area contributed by atoms with Crippen LogP contribution in [-0.2, 0) is 14.6 Å². The van der Waals surface area contributed by atoms with E-state index in [4.69, 9.17) is 16.3 Å². The van der Waals surface area contributed by atoms with Gasteiger partial charge in [-0.1, -0.05) is 32.4 Å². The molecule has 1 saturated heterocycles. The van der Waals surface area contributed by atoms with Crippen molar-refractivity contribution in [2.24, 2.45) is 11.3 Å². The van der Waals surface area contributed by atoms with Crippen LogP contribution >= 0.6 is 11.6 Å². The number of benzene rings is 2. The minimum atomic E-state index is -4.17. The molecule has 180 valence electrons. The molecule has 5 nitrogen and oxygen atoms in total. The second-order valence-electron chi connectivity index (χ2n) is 9.29. The number of rotatable bonds is 6. The molecule has 0 bridgehead atoms. The average molecular weight is 500 g/mol. The lowest BCUT2D eigenvalue weighted by atomic mass is 9.83. The SMILES string of the molecule is C[C@H](COC(=O)N1CCC(C)(C)CC1)[C@@H](c1cc(F)ccc1F)S(=O)(=O)c1ccc(Cl)cc1. The Bertz CT molecular complexity index is 1100. The molecule has 0 aliphatic carbocycles. The molecule has 2 aromatic rings. The lowest BCUT2D eigenvalue weighted by Crippen LogP contribution is -2.42. The van der Waals surface area contributed by atoms with E-state index in [0.29, 0.717) is 18.1 Å². The van der Waals surface area contributed by atoms with Gasteiger partial charge in [0.1, 0.15) is 11.6 Å². The van der Waals surface area contributed by atoms with Gasteiger partial charge in [0.25, 0.3) is 0 Å². The highest BCUT2D eigenvalue weighted by Crippen LogP contribution is 2.38. The van der Waals surface area contributed by atoms with Crippen molar-refractivity contribution in [3.8, 4) is 0 Å². The molecule has 2 aromatic carbocycles. The molecule has 0 N–H and O–H groups in total. The average Bonchev–Trinajstić information content (AvgIpc) is 2.74. The molecule has 1 aliphatic rings. The van der Waals surface area contributed by atoms with Crippen molar-refractivity contribution in [2.45, 2.75) is 43.8 Å². The normalized spacial score (nSPS) is 17.9. The molecule has 2 atom stereocenters. The molecule has 0 radical (unpaired) electrons. The van der Waals surface area contributed by atoms with Gasteiger partial charge in [0, 0.05) is 29.6 Å². The predicted molar refractivity (Wildman–Crippen MR) is 123 cm³/mol. The third kappa shape index (κ3) is 6.03. The summed E-state index contributed by atoms with van der Waals surface area (Å²) in [5.41, 5.74) is -0.162. The minimum absolute atomic E-state index is 0.0861. The molecule has 1 aliphatic heterocycles. The van der Waals surface area contributed by atoms with Crippen LogP contribution in [0.25, 0.3) is 0 Å². The molecule has 33 heavy (non-hydrogen) atoms. The maximum atomic E-state index is 14.7. The summed E-state index contributed by atoms with van der Waals surface area (Å²) in [6.07, 6.45) is 1.12. The molecule has 1 heterocycles. The summed E-state index contributed by atoms with van der Waals surface area (Å²) in [6, 6.07) is 8.15. The van der Waals surface area contributed by atoms with Gasteiger partial charge in [0.2, 0.25) is 0 Å². The number of piperidine rings is 1. The van der Waals surface area contributed by atoms with Crippen molar-refractivity contribution in [1.29, 1.82) is 0 Å². The maximum absolute atomic E-state index is 14.7. The van der Waals surface area contributed by atoms with Gasteiger partial charge >= 0.3 is 6.09 Å². The first kappa shape index (κ1) is 25.4. The second-order valence-corrected chi connectivity index (χ2v) is 11.8. The number of ether oxygens (including phenoxy) is 1. The number of halogens is 3. The van der Waals surface area contributed by atoms with E-state index in [2.05, 4.69) is 13.8 Å². The molecular weight excluding hydrogens is 472 g/mol. The van der Waals surface area contributed by atoms with Gasteiger partial charge in [0.05, 0.1) is 16.8 Å². The van der Waals surface area contributed by atoms with Gasteiger partial charge in [-0.05, 0) is 60.7 Å². The predicted octanol–water partition coefficient (Wildman–Crippen LogP) is 6.03. The van der Waals surface area contributed by atoms with Crippen molar-refractivity contribution in [3.63, 3.8) is 0 Å². The second kappa shape index (κ2) is 9.97. The number of amides is 1. The van der Waals surface area contributed by atoms with Crippen molar-refractivity contribution in [1.82, 2.24) is 4.90 Å². The topological polar surface area (TPSA) is 63.7 Å². The Labute approximate surface area is 198 Å². The van der Waals surface area contributed by atoms with E-state index < -0.39 is 38.7 Å². The first-order chi connectivity index (χ1) is 15.4. The minimum Gasteiger partial charge on any atom is -0.449 e. The van der Waals surface area contributed by atoms with E-state index in [1.807, 2.05) is 0 Å². The van der Waals surface area contributed by atoms with Crippen LogP contribution in [0.5, 0.6) is 0 Å². The summed E-state index contributed by atoms with van der Waals surface area (Å²) >= 11 is 5.88. The number of hydrogen-bond donors (Lipinski definition) is 0. The van der Waals surface area contributed by atoms with Gasteiger partial charge in [-0.25, -0.2) is 22.0 Å². The largest absolute Gasteiger partial charge is 0.449 e. The van der Waals surface area contributed by atoms with Crippen LogP contribution in [0.15, 0.2) is 47.4 Å². The number of sulfone groups is 1. The Morgan fingerprint density at radius 1 is 1.12 bits per heavy atom. The van der Waals surface area contributed by atoms with Crippen molar-refractivity contribution in [3.05, 3.63) is 64.7 Å². The Morgan fingerprint density at radius 2 is 1.73 bits per heavy atom. The Hall–Kier alpha value is -2.19. The quantitative estimate of drug-likeness (QED) is 0.487. The third-order valence-electron chi connectivity index (χ3n) is 6.10. The van der Waals surface area contributed by atoms with E-state index in [-0.39, 0.29) is 22.5 Å². The number of carbonyl (C=O) groups excluding carboxylic acids is 1. The van der Waals surface area contributed by atoms with E-state index in [9.17, 15) is 22.0 Å². The highest BCUT2D eigenvalue weighted by molar-refractivity contribution is 7.91. The summed E-state index contributed by atoms with van der Waals surface area (Å²) in [5, 5.41) is -1.13. The highest BCUT2D eigenvalue weighted by Gasteiger charge is 2.37. The monoisotopic (exact) mass is 499 g/mol. The van der Waals surface area contributed by atoms with Gasteiger partial charge < -0.3 is 9.64 Å². The number of likely N-dealkylation sites (tertiary alicyclic amines) is 1. The van der Waals surface area contributed by atoms with Crippen LogP contribution in [0.2, 0.25) is 5.02 Å². The lowest BCUT2D eigenvalue weighted by molar-refractivity contribution is 0.0657. The van der Waals surface area contributed by atoms with Crippen molar-refractivity contribution in [2.75, 3.05) is 19.7 Å². The molecule has 0 unspecified atom stereocenters. The fourth-order valence-corrected chi connectivity index (χ4v) is 6.10. The molecule has 3 rings (SSSR count). The highest BCUT2D eigenvalue weighted by atomic mass is 35.5. The molecule has 0 spiro atoms. The molecule has 0 aromatic heterocycles. The Kier molecular flexibility index (Phi) is 7.69. The van der Waals surface area contributed by atoms with E-state index >= 15 is 0 Å². The molecule has 1 amide bonds. The lowest BCUT2D eigenvalue weighted by Gasteiger charge is -2.36. The van der Waals surface area contributed by atoms with Crippen LogP contribution in [0.3, 0.4) is 0 Å². The van der Waals surface area contributed by atoms with Crippen LogP contribution in [-0.4, -0.2) is 39.1 Å². The fraction of sp³-hybridized carbons (Fsp3) is 0.458. The zero-order chi connectivity index (χ0) is 24.4. The van der Waals surface area contributed by atoms with E-state index in [0.717, 1.165) is 31.0 Å². The van der Waals surface area contributed by atoms with Gasteiger partial charge in [-0.3, -0.25) is 0 Å². The summed E-state index contributed by atoms with van der Waals surface area (Å²) in [7, 11) is -4.17.